The van der Waals surface area contributed by atoms with Gasteiger partial charge in [0.15, 0.2) is 0 Å². The van der Waals surface area contributed by atoms with Crippen molar-refractivity contribution in [3.05, 3.63) is 77.6 Å². The number of aromatic nitrogens is 2. The summed E-state index contributed by atoms with van der Waals surface area (Å²) in [5, 5.41) is 10.9. The fraction of sp³-hybridized carbons (Fsp3) is 0.0952. The van der Waals surface area contributed by atoms with E-state index in [1.54, 1.807) is 36.5 Å². The molecule has 4 rings (SSSR count). The van der Waals surface area contributed by atoms with Gasteiger partial charge >= 0.3 is 5.97 Å². The van der Waals surface area contributed by atoms with E-state index in [-0.39, 0.29) is 11.5 Å². The second-order valence-corrected chi connectivity index (χ2v) is 6.42. The summed E-state index contributed by atoms with van der Waals surface area (Å²) >= 11 is 0. The summed E-state index contributed by atoms with van der Waals surface area (Å²) in [5.74, 6) is -1.26. The summed E-state index contributed by atoms with van der Waals surface area (Å²) in [6.07, 6.45) is 2.31. The summed E-state index contributed by atoms with van der Waals surface area (Å²) in [7, 11) is 0. The van der Waals surface area contributed by atoms with Crippen LogP contribution in [0.25, 0.3) is 21.8 Å². The Morgan fingerprint density at radius 2 is 1.79 bits per heavy atom. The summed E-state index contributed by atoms with van der Waals surface area (Å²) in [5.41, 5.74) is 8.98. The third-order valence-corrected chi connectivity index (χ3v) is 4.56. The molecule has 0 aliphatic carbocycles. The van der Waals surface area contributed by atoms with Crippen molar-refractivity contribution in [2.75, 3.05) is 6.54 Å². The van der Waals surface area contributed by atoms with Crippen LogP contribution in [-0.4, -0.2) is 33.5 Å². The van der Waals surface area contributed by atoms with Gasteiger partial charge in [0, 0.05) is 22.8 Å². The van der Waals surface area contributed by atoms with Gasteiger partial charge in [-0.2, -0.15) is 0 Å². The van der Waals surface area contributed by atoms with Crippen LogP contribution in [0.2, 0.25) is 0 Å². The zero-order valence-electron chi connectivity index (χ0n) is 14.9. The van der Waals surface area contributed by atoms with E-state index >= 15 is 0 Å². The number of rotatable bonds is 6. The Morgan fingerprint density at radius 3 is 2.57 bits per heavy atom. The smallest absolute Gasteiger partial charge is 0.335 e. The van der Waals surface area contributed by atoms with Gasteiger partial charge in [-0.3, -0.25) is 10.2 Å². The highest BCUT2D eigenvalue weighted by molar-refractivity contribution is 6.09. The number of benzene rings is 2. The summed E-state index contributed by atoms with van der Waals surface area (Å²) in [6, 6.07) is 16.3. The first-order valence-corrected chi connectivity index (χ1v) is 8.84. The molecule has 0 radical (unpaired) electrons. The first-order valence-electron chi connectivity index (χ1n) is 8.84. The van der Waals surface area contributed by atoms with Gasteiger partial charge in [-0.1, -0.05) is 30.3 Å². The number of carboxylic acid groups (broad SMARTS) is 1. The van der Waals surface area contributed by atoms with Crippen molar-refractivity contribution >= 4 is 33.7 Å². The van der Waals surface area contributed by atoms with Gasteiger partial charge in [0.2, 0.25) is 0 Å². The number of hydrazine groups is 1. The van der Waals surface area contributed by atoms with E-state index in [1.807, 2.05) is 24.3 Å². The number of pyridine rings is 1. The number of amides is 1. The van der Waals surface area contributed by atoms with Crippen LogP contribution in [0, 0.1) is 0 Å². The third-order valence-electron chi connectivity index (χ3n) is 4.56. The van der Waals surface area contributed by atoms with Crippen molar-refractivity contribution in [2.24, 2.45) is 0 Å². The molecule has 4 aromatic rings. The van der Waals surface area contributed by atoms with E-state index in [2.05, 4.69) is 20.8 Å². The van der Waals surface area contributed by atoms with E-state index in [4.69, 9.17) is 5.11 Å². The molecule has 4 N–H and O–H groups in total. The second kappa shape index (κ2) is 7.50. The Morgan fingerprint density at radius 1 is 1.00 bits per heavy atom. The van der Waals surface area contributed by atoms with Gasteiger partial charge in [-0.15, -0.1) is 0 Å². The molecule has 1 amide bonds. The summed E-state index contributed by atoms with van der Waals surface area (Å²) in [6.45, 7) is 0.507. The minimum Gasteiger partial charge on any atom is -0.478 e. The minimum absolute atomic E-state index is 0.253. The van der Waals surface area contributed by atoms with Crippen molar-refractivity contribution in [1.82, 2.24) is 20.8 Å². The molecule has 0 aliphatic heterocycles. The number of carbonyl (C=O) groups is 2. The van der Waals surface area contributed by atoms with Gasteiger partial charge in [-0.25, -0.2) is 15.2 Å². The number of hydrogen-bond donors (Lipinski definition) is 4. The van der Waals surface area contributed by atoms with Crippen molar-refractivity contribution < 1.29 is 14.7 Å². The molecule has 2 heterocycles. The largest absolute Gasteiger partial charge is 0.478 e. The first-order chi connectivity index (χ1) is 13.6. The standard InChI is InChI=1S/C21H18N4O3/c26-20(25-23-10-9-13-5-7-14(8-6-13)21(27)28)18-11-16-15-3-1-2-4-17(15)24-19(16)12-22-18/h1-8,11-12,23-24H,9-10H2,(H,25,26)(H,27,28). The molecule has 0 saturated heterocycles. The second-order valence-electron chi connectivity index (χ2n) is 6.42. The summed E-state index contributed by atoms with van der Waals surface area (Å²) in [4.78, 5) is 30.7. The van der Waals surface area contributed by atoms with Crippen LogP contribution in [0.4, 0.5) is 0 Å². The van der Waals surface area contributed by atoms with Crippen LogP contribution >= 0.6 is 0 Å². The first kappa shape index (κ1) is 17.7. The maximum Gasteiger partial charge on any atom is 0.335 e. The maximum absolute atomic E-state index is 12.4. The van der Waals surface area contributed by atoms with Crippen LogP contribution in [0.5, 0.6) is 0 Å². The normalized spacial score (nSPS) is 11.0. The summed E-state index contributed by atoms with van der Waals surface area (Å²) < 4.78 is 0. The average molecular weight is 374 g/mol. The Bertz CT molecular complexity index is 1170. The fourth-order valence-corrected chi connectivity index (χ4v) is 3.10. The molecule has 0 unspecified atom stereocenters. The SMILES string of the molecule is O=C(O)c1ccc(CCNNC(=O)c2cc3c(cn2)[nH]c2ccccc23)cc1. The molecule has 0 fully saturated rings. The highest BCUT2D eigenvalue weighted by atomic mass is 16.4. The Kier molecular flexibility index (Phi) is 4.74. The van der Waals surface area contributed by atoms with Crippen molar-refractivity contribution in [3.8, 4) is 0 Å². The highest BCUT2D eigenvalue weighted by Crippen LogP contribution is 2.24. The number of aromatic amines is 1. The molecule has 0 spiro atoms. The predicted molar refractivity (Wildman–Crippen MR) is 106 cm³/mol. The number of nitrogens with zero attached hydrogens (tertiary/aromatic N) is 1. The lowest BCUT2D eigenvalue weighted by Gasteiger charge is -2.07. The van der Waals surface area contributed by atoms with Crippen LogP contribution in [0.3, 0.4) is 0 Å². The minimum atomic E-state index is -0.948. The molecule has 0 aliphatic rings. The van der Waals surface area contributed by atoms with E-state index in [0.29, 0.717) is 18.7 Å². The number of H-pyrrole nitrogens is 1. The molecule has 28 heavy (non-hydrogen) atoms. The maximum atomic E-state index is 12.4. The monoisotopic (exact) mass is 374 g/mol. The van der Waals surface area contributed by atoms with E-state index < -0.39 is 5.97 Å². The van der Waals surface area contributed by atoms with Gasteiger partial charge in [0.25, 0.3) is 5.91 Å². The Labute approximate surface area is 160 Å². The molecular weight excluding hydrogens is 356 g/mol. The quantitative estimate of drug-likeness (QED) is 0.307. The van der Waals surface area contributed by atoms with E-state index in [9.17, 15) is 9.59 Å². The van der Waals surface area contributed by atoms with E-state index in [0.717, 1.165) is 27.4 Å². The van der Waals surface area contributed by atoms with Gasteiger partial charge in [-0.05, 0) is 36.2 Å². The number of carbonyl (C=O) groups excluding carboxylic acids is 1. The van der Waals surface area contributed by atoms with Crippen molar-refractivity contribution in [3.63, 3.8) is 0 Å². The topological polar surface area (TPSA) is 107 Å². The third kappa shape index (κ3) is 3.56. The number of para-hydroxylation sites is 1. The number of hydrogen-bond acceptors (Lipinski definition) is 4. The Hall–Kier alpha value is -3.71. The zero-order chi connectivity index (χ0) is 19.5. The molecule has 140 valence electrons. The molecular formula is C21H18N4O3. The number of nitrogens with one attached hydrogen (secondary N) is 3. The number of fused-ring (bicyclic) bond motifs is 3. The Balaban J connectivity index is 1.37. The number of aromatic carboxylic acids is 1. The molecule has 7 nitrogen and oxygen atoms in total. The lowest BCUT2D eigenvalue weighted by Crippen LogP contribution is -2.38. The molecule has 0 bridgehead atoms. The highest BCUT2D eigenvalue weighted by Gasteiger charge is 2.11. The zero-order valence-corrected chi connectivity index (χ0v) is 14.9. The lowest BCUT2D eigenvalue weighted by atomic mass is 10.1. The molecule has 2 aromatic heterocycles. The van der Waals surface area contributed by atoms with Crippen LogP contribution in [0.1, 0.15) is 26.4 Å². The number of carboxylic acids is 1. The molecule has 0 atom stereocenters. The van der Waals surface area contributed by atoms with Crippen molar-refractivity contribution in [1.29, 1.82) is 0 Å². The van der Waals surface area contributed by atoms with Gasteiger partial charge < -0.3 is 10.1 Å². The van der Waals surface area contributed by atoms with Crippen LogP contribution in [0.15, 0.2) is 60.8 Å². The lowest BCUT2D eigenvalue weighted by molar-refractivity contribution is 0.0696. The van der Waals surface area contributed by atoms with E-state index in [1.165, 1.54) is 0 Å². The average Bonchev–Trinajstić information content (AvgIpc) is 3.09. The van der Waals surface area contributed by atoms with Crippen molar-refractivity contribution in [2.45, 2.75) is 6.42 Å². The fourth-order valence-electron chi connectivity index (χ4n) is 3.10. The van der Waals surface area contributed by atoms with Crippen LogP contribution in [-0.2, 0) is 6.42 Å². The molecule has 0 saturated carbocycles. The predicted octanol–water partition coefficient (Wildman–Crippen LogP) is 2.89. The van der Waals surface area contributed by atoms with Gasteiger partial charge in [0.1, 0.15) is 5.69 Å². The van der Waals surface area contributed by atoms with Gasteiger partial charge in [0.05, 0.1) is 17.3 Å². The molecule has 7 heteroatoms. The van der Waals surface area contributed by atoms with Crippen LogP contribution < -0.4 is 10.9 Å². The molecule has 2 aromatic carbocycles.